The number of carbonyl (C=O) groups is 1. The minimum absolute atomic E-state index is 0.217. The van der Waals surface area contributed by atoms with Crippen molar-refractivity contribution in [2.45, 2.75) is 33.6 Å². The molecule has 0 aromatic heterocycles. The van der Waals surface area contributed by atoms with E-state index in [4.69, 9.17) is 5.73 Å². The van der Waals surface area contributed by atoms with E-state index in [9.17, 15) is 4.79 Å². The number of Topliss-reactive ketones (excluding diaryl/α,β-unsaturated/α-hetero) is 1. The first-order valence-corrected chi connectivity index (χ1v) is 5.89. The van der Waals surface area contributed by atoms with Crippen LogP contribution in [0.2, 0.25) is 0 Å². The SMILES string of the molecule is CCC(CN)CC(=O)c1ccc(C)cc1C. The highest BCUT2D eigenvalue weighted by atomic mass is 16.1. The number of benzene rings is 1. The van der Waals surface area contributed by atoms with Gasteiger partial charge in [-0.2, -0.15) is 0 Å². The number of hydrogen-bond donors (Lipinski definition) is 1. The lowest BCUT2D eigenvalue weighted by Gasteiger charge is -2.12. The van der Waals surface area contributed by atoms with E-state index in [-0.39, 0.29) is 5.78 Å². The lowest BCUT2D eigenvalue weighted by atomic mass is 9.93. The van der Waals surface area contributed by atoms with Crippen molar-refractivity contribution in [3.63, 3.8) is 0 Å². The summed E-state index contributed by atoms with van der Waals surface area (Å²) in [4.78, 5) is 12.0. The number of hydrogen-bond acceptors (Lipinski definition) is 2. The summed E-state index contributed by atoms with van der Waals surface area (Å²) >= 11 is 0. The molecule has 0 aliphatic rings. The Morgan fingerprint density at radius 3 is 2.56 bits per heavy atom. The first-order valence-electron chi connectivity index (χ1n) is 5.89. The van der Waals surface area contributed by atoms with E-state index in [1.165, 1.54) is 5.56 Å². The molecule has 0 saturated carbocycles. The molecular formula is C14H21NO. The molecule has 0 amide bonds. The van der Waals surface area contributed by atoms with Gasteiger partial charge in [-0.3, -0.25) is 4.79 Å². The number of ketones is 1. The molecule has 88 valence electrons. The van der Waals surface area contributed by atoms with Crippen LogP contribution in [-0.2, 0) is 0 Å². The molecule has 1 unspecified atom stereocenters. The van der Waals surface area contributed by atoms with Crippen LogP contribution in [0, 0.1) is 19.8 Å². The molecule has 1 rings (SSSR count). The molecular weight excluding hydrogens is 198 g/mol. The molecule has 1 aromatic carbocycles. The number of aryl methyl sites for hydroxylation is 2. The molecule has 0 aliphatic carbocycles. The van der Waals surface area contributed by atoms with Crippen LogP contribution in [0.1, 0.15) is 41.3 Å². The van der Waals surface area contributed by atoms with Crippen LogP contribution in [-0.4, -0.2) is 12.3 Å². The second-order valence-electron chi connectivity index (χ2n) is 4.46. The monoisotopic (exact) mass is 219 g/mol. The maximum absolute atomic E-state index is 12.0. The normalized spacial score (nSPS) is 12.5. The summed E-state index contributed by atoms with van der Waals surface area (Å²) in [6.07, 6.45) is 1.53. The van der Waals surface area contributed by atoms with E-state index in [1.807, 2.05) is 26.0 Å². The summed E-state index contributed by atoms with van der Waals surface area (Å²) in [7, 11) is 0. The van der Waals surface area contributed by atoms with Crippen LogP contribution in [0.15, 0.2) is 18.2 Å². The predicted octanol–water partition coefficient (Wildman–Crippen LogP) is 2.86. The van der Waals surface area contributed by atoms with Crippen LogP contribution >= 0.6 is 0 Å². The van der Waals surface area contributed by atoms with Gasteiger partial charge in [0.15, 0.2) is 5.78 Å². The Balaban J connectivity index is 2.80. The first kappa shape index (κ1) is 12.9. The third kappa shape index (κ3) is 3.17. The lowest BCUT2D eigenvalue weighted by Crippen LogP contribution is -2.18. The van der Waals surface area contributed by atoms with Crippen molar-refractivity contribution in [1.82, 2.24) is 0 Å². The topological polar surface area (TPSA) is 43.1 Å². The van der Waals surface area contributed by atoms with Crippen LogP contribution in [0.5, 0.6) is 0 Å². The van der Waals surface area contributed by atoms with E-state index in [1.54, 1.807) is 0 Å². The fourth-order valence-electron chi connectivity index (χ4n) is 1.89. The van der Waals surface area contributed by atoms with Gasteiger partial charge < -0.3 is 5.73 Å². The zero-order valence-electron chi connectivity index (χ0n) is 10.4. The standard InChI is InChI=1S/C14H21NO/c1-4-12(9-15)8-14(16)13-6-5-10(2)7-11(13)3/h5-7,12H,4,8-9,15H2,1-3H3. The summed E-state index contributed by atoms with van der Waals surface area (Å²) in [6, 6.07) is 5.97. The average Bonchev–Trinajstić information content (AvgIpc) is 2.25. The second kappa shape index (κ2) is 5.80. The van der Waals surface area contributed by atoms with Crippen LogP contribution in [0.3, 0.4) is 0 Å². The van der Waals surface area contributed by atoms with Crippen molar-refractivity contribution in [2.24, 2.45) is 11.7 Å². The summed E-state index contributed by atoms with van der Waals surface area (Å²) in [5, 5.41) is 0. The molecule has 1 atom stereocenters. The van der Waals surface area contributed by atoms with Gasteiger partial charge in [-0.05, 0) is 31.9 Å². The summed E-state index contributed by atoms with van der Waals surface area (Å²) in [5.74, 6) is 0.531. The zero-order valence-corrected chi connectivity index (χ0v) is 10.4. The van der Waals surface area contributed by atoms with Gasteiger partial charge in [0.2, 0.25) is 0 Å². The fraction of sp³-hybridized carbons (Fsp3) is 0.500. The van der Waals surface area contributed by atoms with Crippen molar-refractivity contribution in [3.05, 3.63) is 34.9 Å². The van der Waals surface area contributed by atoms with Gasteiger partial charge in [0.1, 0.15) is 0 Å². The van der Waals surface area contributed by atoms with Crippen molar-refractivity contribution in [2.75, 3.05) is 6.54 Å². The average molecular weight is 219 g/mol. The predicted molar refractivity (Wildman–Crippen MR) is 67.7 cm³/mol. The first-order chi connectivity index (χ1) is 7.58. The summed E-state index contributed by atoms with van der Waals surface area (Å²) in [6.45, 7) is 6.69. The van der Waals surface area contributed by atoms with Gasteiger partial charge in [-0.25, -0.2) is 0 Å². The van der Waals surface area contributed by atoms with E-state index < -0.39 is 0 Å². The Morgan fingerprint density at radius 2 is 2.06 bits per heavy atom. The van der Waals surface area contributed by atoms with Crippen molar-refractivity contribution >= 4 is 5.78 Å². The third-order valence-corrected chi connectivity index (χ3v) is 3.07. The van der Waals surface area contributed by atoms with Crippen molar-refractivity contribution < 1.29 is 4.79 Å². The zero-order chi connectivity index (χ0) is 12.1. The van der Waals surface area contributed by atoms with Crippen molar-refractivity contribution in [3.8, 4) is 0 Å². The van der Waals surface area contributed by atoms with Crippen LogP contribution in [0.25, 0.3) is 0 Å². The molecule has 0 heterocycles. The largest absolute Gasteiger partial charge is 0.330 e. The van der Waals surface area contributed by atoms with Crippen LogP contribution < -0.4 is 5.73 Å². The Kier molecular flexibility index (Phi) is 4.69. The van der Waals surface area contributed by atoms with Crippen molar-refractivity contribution in [1.29, 1.82) is 0 Å². The molecule has 0 saturated heterocycles. The van der Waals surface area contributed by atoms with Gasteiger partial charge >= 0.3 is 0 Å². The molecule has 1 aromatic rings. The van der Waals surface area contributed by atoms with E-state index in [0.717, 1.165) is 17.5 Å². The quantitative estimate of drug-likeness (QED) is 0.774. The second-order valence-corrected chi connectivity index (χ2v) is 4.46. The molecule has 2 nitrogen and oxygen atoms in total. The maximum atomic E-state index is 12.0. The lowest BCUT2D eigenvalue weighted by molar-refractivity contribution is 0.0961. The fourth-order valence-corrected chi connectivity index (χ4v) is 1.89. The Hall–Kier alpha value is -1.15. The number of nitrogens with two attached hydrogens (primary N) is 1. The summed E-state index contributed by atoms with van der Waals surface area (Å²) in [5.41, 5.74) is 8.73. The van der Waals surface area contributed by atoms with E-state index in [2.05, 4.69) is 13.0 Å². The molecule has 2 N–H and O–H groups in total. The van der Waals surface area contributed by atoms with E-state index >= 15 is 0 Å². The smallest absolute Gasteiger partial charge is 0.163 e. The minimum atomic E-state index is 0.217. The maximum Gasteiger partial charge on any atom is 0.163 e. The molecule has 0 aliphatic heterocycles. The molecule has 0 radical (unpaired) electrons. The number of carbonyl (C=O) groups excluding carboxylic acids is 1. The molecule has 16 heavy (non-hydrogen) atoms. The van der Waals surface area contributed by atoms with Gasteiger partial charge in [0.05, 0.1) is 0 Å². The van der Waals surface area contributed by atoms with Gasteiger partial charge in [-0.1, -0.05) is 37.1 Å². The summed E-state index contributed by atoms with van der Waals surface area (Å²) < 4.78 is 0. The van der Waals surface area contributed by atoms with Gasteiger partial charge in [0.25, 0.3) is 0 Å². The highest BCUT2D eigenvalue weighted by Crippen LogP contribution is 2.16. The third-order valence-electron chi connectivity index (χ3n) is 3.07. The van der Waals surface area contributed by atoms with Crippen LogP contribution in [0.4, 0.5) is 0 Å². The van der Waals surface area contributed by atoms with E-state index in [0.29, 0.717) is 18.9 Å². The minimum Gasteiger partial charge on any atom is -0.330 e. The highest BCUT2D eigenvalue weighted by molar-refractivity contribution is 5.97. The Morgan fingerprint density at radius 1 is 1.38 bits per heavy atom. The Bertz CT molecular complexity index is 367. The molecule has 0 bridgehead atoms. The molecule has 2 heteroatoms. The Labute approximate surface area is 97.9 Å². The highest BCUT2D eigenvalue weighted by Gasteiger charge is 2.14. The number of rotatable bonds is 5. The molecule has 0 spiro atoms. The molecule has 0 fully saturated rings. The van der Waals surface area contributed by atoms with Gasteiger partial charge in [-0.15, -0.1) is 0 Å². The van der Waals surface area contributed by atoms with Gasteiger partial charge in [0, 0.05) is 12.0 Å².